The van der Waals surface area contributed by atoms with E-state index in [0.29, 0.717) is 0 Å². The van der Waals surface area contributed by atoms with E-state index in [1.54, 1.807) is 0 Å². The minimum Gasteiger partial charge on any atom is -0.309 e. The van der Waals surface area contributed by atoms with Gasteiger partial charge in [-0.2, -0.15) is 0 Å². The number of pyridine rings is 4. The summed E-state index contributed by atoms with van der Waals surface area (Å²) in [6, 6.07) is 52.5. The molecule has 0 bridgehead atoms. The quantitative estimate of drug-likeness (QED) is 0.188. The number of hydrogen-bond acceptors (Lipinski definition) is 4. The number of rotatable bonds is 5. The molecule has 0 saturated heterocycles. The molecule has 10 rings (SSSR count). The maximum atomic E-state index is 5.06. The molecule has 0 fully saturated rings. The van der Waals surface area contributed by atoms with Crippen LogP contribution in [0.1, 0.15) is 0 Å². The standard InChI is InChI=1S/C44H28N6/c1-3-14-40-33(8-1)35-28-45-27-25-42(35)49(40)31-21-17-29(18-22-31)36-10-5-12-38(47-36)39-13-6-11-37(48-39)30-19-23-32(24-20-30)50-41-15-4-2-9-34(41)44-43(50)16-7-26-46-44/h1-28H. The molecule has 50 heavy (non-hydrogen) atoms. The van der Waals surface area contributed by atoms with Crippen molar-refractivity contribution < 1.29 is 0 Å². The summed E-state index contributed by atoms with van der Waals surface area (Å²) in [7, 11) is 0. The summed E-state index contributed by atoms with van der Waals surface area (Å²) in [4.78, 5) is 19.2. The first-order chi connectivity index (χ1) is 24.8. The van der Waals surface area contributed by atoms with Crippen molar-refractivity contribution in [1.82, 2.24) is 29.1 Å². The van der Waals surface area contributed by atoms with Crippen molar-refractivity contribution in [2.24, 2.45) is 0 Å². The number of hydrogen-bond donors (Lipinski definition) is 0. The maximum Gasteiger partial charge on any atom is 0.0963 e. The van der Waals surface area contributed by atoms with Gasteiger partial charge in [0, 0.05) is 57.3 Å². The molecule has 0 aliphatic rings. The van der Waals surface area contributed by atoms with E-state index in [-0.39, 0.29) is 0 Å². The van der Waals surface area contributed by atoms with Gasteiger partial charge in [-0.05, 0) is 78.9 Å². The molecule has 4 aromatic carbocycles. The van der Waals surface area contributed by atoms with Gasteiger partial charge in [0.15, 0.2) is 0 Å². The monoisotopic (exact) mass is 640 g/mol. The summed E-state index contributed by atoms with van der Waals surface area (Å²) in [5.74, 6) is 0. The summed E-state index contributed by atoms with van der Waals surface area (Å²) in [6.45, 7) is 0. The summed E-state index contributed by atoms with van der Waals surface area (Å²) in [5, 5.41) is 3.49. The molecule has 0 N–H and O–H groups in total. The predicted molar refractivity (Wildman–Crippen MR) is 203 cm³/mol. The Morgan fingerprint density at radius 1 is 0.360 bits per heavy atom. The first kappa shape index (κ1) is 28.1. The lowest BCUT2D eigenvalue weighted by Crippen LogP contribution is -1.95. The lowest BCUT2D eigenvalue weighted by molar-refractivity contribution is 1.17. The second-order valence-corrected chi connectivity index (χ2v) is 12.4. The Kier molecular flexibility index (Phi) is 6.39. The first-order valence-electron chi connectivity index (χ1n) is 16.6. The van der Waals surface area contributed by atoms with Gasteiger partial charge in [-0.15, -0.1) is 0 Å². The Bertz CT molecular complexity index is 2560. The smallest absolute Gasteiger partial charge is 0.0963 e. The van der Waals surface area contributed by atoms with Crippen molar-refractivity contribution in [3.63, 3.8) is 0 Å². The molecule has 10 aromatic rings. The van der Waals surface area contributed by atoms with Gasteiger partial charge in [-0.25, -0.2) is 9.97 Å². The molecular weight excluding hydrogens is 613 g/mol. The molecule has 6 aromatic heterocycles. The van der Waals surface area contributed by atoms with Crippen molar-refractivity contribution in [2.75, 3.05) is 0 Å². The van der Waals surface area contributed by atoms with Gasteiger partial charge >= 0.3 is 0 Å². The van der Waals surface area contributed by atoms with Crippen molar-refractivity contribution in [2.45, 2.75) is 0 Å². The Balaban J connectivity index is 0.962. The summed E-state index contributed by atoms with van der Waals surface area (Å²) in [5.41, 5.74) is 13.3. The highest BCUT2D eigenvalue weighted by atomic mass is 15.0. The van der Waals surface area contributed by atoms with Gasteiger partial charge < -0.3 is 9.13 Å². The normalized spacial score (nSPS) is 11.6. The van der Waals surface area contributed by atoms with Crippen LogP contribution in [0.25, 0.3) is 89.0 Å². The van der Waals surface area contributed by atoms with Crippen LogP contribution in [0, 0.1) is 0 Å². The zero-order valence-corrected chi connectivity index (χ0v) is 26.8. The van der Waals surface area contributed by atoms with Gasteiger partial charge in [0.25, 0.3) is 0 Å². The largest absolute Gasteiger partial charge is 0.309 e. The molecular formula is C44H28N6. The zero-order chi connectivity index (χ0) is 33.0. The van der Waals surface area contributed by atoms with Crippen LogP contribution in [0.15, 0.2) is 170 Å². The number of fused-ring (bicyclic) bond motifs is 6. The Labute approximate surface area is 287 Å². The highest BCUT2D eigenvalue weighted by Crippen LogP contribution is 2.34. The Morgan fingerprint density at radius 2 is 0.880 bits per heavy atom. The van der Waals surface area contributed by atoms with E-state index in [1.165, 1.54) is 5.39 Å². The van der Waals surface area contributed by atoms with Gasteiger partial charge in [0.2, 0.25) is 0 Å². The summed E-state index contributed by atoms with van der Waals surface area (Å²) in [6.07, 6.45) is 5.65. The average Bonchev–Trinajstić information content (AvgIpc) is 3.71. The van der Waals surface area contributed by atoms with Crippen LogP contribution in [-0.4, -0.2) is 29.1 Å². The summed E-state index contributed by atoms with van der Waals surface area (Å²) < 4.78 is 4.57. The molecule has 0 saturated carbocycles. The lowest BCUT2D eigenvalue weighted by atomic mass is 10.1. The molecule has 6 nitrogen and oxygen atoms in total. The van der Waals surface area contributed by atoms with Crippen molar-refractivity contribution in [1.29, 1.82) is 0 Å². The minimum absolute atomic E-state index is 0.831. The molecule has 234 valence electrons. The van der Waals surface area contributed by atoms with Crippen LogP contribution in [0.5, 0.6) is 0 Å². The van der Waals surface area contributed by atoms with Crippen molar-refractivity contribution in [3.05, 3.63) is 170 Å². The van der Waals surface area contributed by atoms with Crippen molar-refractivity contribution in [3.8, 4) is 45.3 Å². The molecule has 6 heterocycles. The van der Waals surface area contributed by atoms with E-state index in [1.807, 2.05) is 36.8 Å². The molecule has 6 heteroatoms. The van der Waals surface area contributed by atoms with Gasteiger partial charge in [-0.1, -0.05) is 72.8 Å². The second kappa shape index (κ2) is 11.4. The average molecular weight is 641 g/mol. The molecule has 0 radical (unpaired) electrons. The number of benzene rings is 4. The van der Waals surface area contributed by atoms with Gasteiger partial charge in [0.05, 0.1) is 50.4 Å². The SMILES string of the molecule is c1cc(-c2ccc(-n3c4ccccc4c4cnccc43)cc2)nc(-c2cccc(-c3ccc(-n4c5ccccc5c5ncccc54)cc3)n2)c1. The van der Waals surface area contributed by atoms with Crippen LogP contribution < -0.4 is 0 Å². The fourth-order valence-corrected chi connectivity index (χ4v) is 7.19. The third-order valence-corrected chi connectivity index (χ3v) is 9.50. The van der Waals surface area contributed by atoms with E-state index in [4.69, 9.17) is 9.97 Å². The fraction of sp³-hybridized carbons (Fsp3) is 0. The zero-order valence-electron chi connectivity index (χ0n) is 26.8. The van der Waals surface area contributed by atoms with E-state index in [9.17, 15) is 0 Å². The highest BCUT2D eigenvalue weighted by Gasteiger charge is 2.14. The lowest BCUT2D eigenvalue weighted by Gasteiger charge is -2.10. The van der Waals surface area contributed by atoms with Gasteiger partial charge in [-0.3, -0.25) is 9.97 Å². The molecule has 0 spiro atoms. The molecule has 0 aliphatic heterocycles. The van der Waals surface area contributed by atoms with Gasteiger partial charge in [0.1, 0.15) is 0 Å². The molecule has 0 atom stereocenters. The Hall–Kier alpha value is -6.92. The first-order valence-corrected chi connectivity index (χ1v) is 16.6. The van der Waals surface area contributed by atoms with E-state index in [2.05, 4.69) is 153 Å². The van der Waals surface area contributed by atoms with Crippen LogP contribution in [0.3, 0.4) is 0 Å². The van der Waals surface area contributed by atoms with E-state index < -0.39 is 0 Å². The van der Waals surface area contributed by atoms with Crippen LogP contribution >= 0.6 is 0 Å². The van der Waals surface area contributed by atoms with E-state index in [0.717, 1.165) is 83.6 Å². The van der Waals surface area contributed by atoms with Crippen LogP contribution in [-0.2, 0) is 0 Å². The predicted octanol–water partition coefficient (Wildman–Crippen LogP) is 10.5. The highest BCUT2D eigenvalue weighted by molar-refractivity contribution is 6.09. The Morgan fingerprint density at radius 3 is 1.54 bits per heavy atom. The minimum atomic E-state index is 0.831. The second-order valence-electron chi connectivity index (χ2n) is 12.4. The maximum absolute atomic E-state index is 5.06. The van der Waals surface area contributed by atoms with Crippen molar-refractivity contribution >= 4 is 43.7 Å². The third-order valence-electron chi connectivity index (χ3n) is 9.50. The molecule has 0 amide bonds. The summed E-state index contributed by atoms with van der Waals surface area (Å²) >= 11 is 0. The topological polar surface area (TPSA) is 61.4 Å². The van der Waals surface area contributed by atoms with E-state index >= 15 is 0 Å². The van der Waals surface area contributed by atoms with Crippen LogP contribution in [0.2, 0.25) is 0 Å². The number of para-hydroxylation sites is 2. The molecule has 0 aliphatic carbocycles. The molecule has 0 unspecified atom stereocenters. The third kappa shape index (κ3) is 4.50. The van der Waals surface area contributed by atoms with Crippen LogP contribution in [0.4, 0.5) is 0 Å². The fourth-order valence-electron chi connectivity index (χ4n) is 7.19. The number of aromatic nitrogens is 6. The number of nitrogens with zero attached hydrogens (tertiary/aromatic N) is 6.